The van der Waals surface area contributed by atoms with E-state index in [2.05, 4.69) is 38.2 Å². The molecular formula is C16H32N2. The molecule has 2 saturated carbocycles. The molecule has 5 atom stereocenters. The molecule has 2 aliphatic carbocycles. The van der Waals surface area contributed by atoms with E-state index < -0.39 is 0 Å². The van der Waals surface area contributed by atoms with Crippen molar-refractivity contribution in [2.75, 3.05) is 14.1 Å². The molecule has 5 unspecified atom stereocenters. The van der Waals surface area contributed by atoms with Gasteiger partial charge in [0.25, 0.3) is 0 Å². The van der Waals surface area contributed by atoms with Crippen molar-refractivity contribution in [3.05, 3.63) is 0 Å². The van der Waals surface area contributed by atoms with Crippen molar-refractivity contribution >= 4 is 0 Å². The zero-order valence-electron chi connectivity index (χ0n) is 12.8. The second kappa shape index (κ2) is 6.38. The SMILES string of the molecule is CNC1CCC(C)CC1N(C)C1CCCCC1C. The van der Waals surface area contributed by atoms with Gasteiger partial charge in [0.15, 0.2) is 0 Å². The van der Waals surface area contributed by atoms with Gasteiger partial charge in [-0.1, -0.05) is 26.7 Å². The van der Waals surface area contributed by atoms with Crippen molar-refractivity contribution in [3.8, 4) is 0 Å². The van der Waals surface area contributed by atoms with E-state index in [0.717, 1.165) is 23.9 Å². The van der Waals surface area contributed by atoms with Crippen LogP contribution in [0.2, 0.25) is 0 Å². The number of hydrogen-bond acceptors (Lipinski definition) is 2. The average Bonchev–Trinajstić information content (AvgIpc) is 2.38. The summed E-state index contributed by atoms with van der Waals surface area (Å²) in [4.78, 5) is 2.74. The van der Waals surface area contributed by atoms with Crippen molar-refractivity contribution in [3.63, 3.8) is 0 Å². The van der Waals surface area contributed by atoms with Crippen LogP contribution < -0.4 is 5.32 Å². The first-order valence-electron chi connectivity index (χ1n) is 8.02. The Hall–Kier alpha value is -0.0800. The minimum absolute atomic E-state index is 0.709. The van der Waals surface area contributed by atoms with E-state index in [1.165, 1.54) is 44.9 Å². The minimum atomic E-state index is 0.709. The van der Waals surface area contributed by atoms with Crippen LogP contribution in [0, 0.1) is 11.8 Å². The molecule has 2 nitrogen and oxygen atoms in total. The third-order valence-corrected chi connectivity index (χ3v) is 5.56. The van der Waals surface area contributed by atoms with Gasteiger partial charge in [0.1, 0.15) is 0 Å². The Morgan fingerprint density at radius 1 is 0.944 bits per heavy atom. The van der Waals surface area contributed by atoms with Crippen molar-refractivity contribution in [1.29, 1.82) is 0 Å². The second-order valence-electron chi connectivity index (χ2n) is 6.88. The van der Waals surface area contributed by atoms with Crippen molar-refractivity contribution in [1.82, 2.24) is 10.2 Å². The quantitative estimate of drug-likeness (QED) is 0.829. The summed E-state index contributed by atoms with van der Waals surface area (Å²) in [6.07, 6.45) is 9.86. The van der Waals surface area contributed by atoms with Gasteiger partial charge in [0.2, 0.25) is 0 Å². The molecule has 0 radical (unpaired) electrons. The second-order valence-corrected chi connectivity index (χ2v) is 6.88. The fourth-order valence-electron chi connectivity index (χ4n) is 4.29. The van der Waals surface area contributed by atoms with Crippen LogP contribution in [0.1, 0.15) is 58.8 Å². The van der Waals surface area contributed by atoms with Crippen LogP contribution in [-0.4, -0.2) is 37.1 Å². The first-order chi connectivity index (χ1) is 8.63. The number of hydrogen-bond donors (Lipinski definition) is 1. The van der Waals surface area contributed by atoms with Gasteiger partial charge in [-0.15, -0.1) is 0 Å². The predicted octanol–water partition coefficient (Wildman–Crippen LogP) is 3.27. The maximum atomic E-state index is 3.57. The molecule has 2 aliphatic rings. The molecule has 0 amide bonds. The molecule has 106 valence electrons. The minimum Gasteiger partial charge on any atom is -0.315 e. The van der Waals surface area contributed by atoms with Crippen LogP contribution in [-0.2, 0) is 0 Å². The Morgan fingerprint density at radius 3 is 2.33 bits per heavy atom. The van der Waals surface area contributed by atoms with E-state index in [-0.39, 0.29) is 0 Å². The largest absolute Gasteiger partial charge is 0.315 e. The first-order valence-corrected chi connectivity index (χ1v) is 8.02. The maximum absolute atomic E-state index is 3.57. The molecule has 0 saturated heterocycles. The van der Waals surface area contributed by atoms with Crippen LogP contribution in [0.3, 0.4) is 0 Å². The maximum Gasteiger partial charge on any atom is 0.0251 e. The molecule has 2 fully saturated rings. The summed E-state index contributed by atoms with van der Waals surface area (Å²) in [5.74, 6) is 1.79. The molecular weight excluding hydrogens is 220 g/mol. The van der Waals surface area contributed by atoms with Gasteiger partial charge < -0.3 is 5.32 Å². The van der Waals surface area contributed by atoms with E-state index in [4.69, 9.17) is 0 Å². The number of rotatable bonds is 3. The fraction of sp³-hybridized carbons (Fsp3) is 1.00. The van der Waals surface area contributed by atoms with E-state index in [0.29, 0.717) is 6.04 Å². The van der Waals surface area contributed by atoms with Crippen LogP contribution in [0.4, 0.5) is 0 Å². The summed E-state index contributed by atoms with van der Waals surface area (Å²) >= 11 is 0. The molecule has 0 spiro atoms. The van der Waals surface area contributed by atoms with Crippen LogP contribution in [0.5, 0.6) is 0 Å². The summed E-state index contributed by atoms with van der Waals surface area (Å²) in [6.45, 7) is 4.89. The normalized spacial score (nSPS) is 42.2. The summed E-state index contributed by atoms with van der Waals surface area (Å²) < 4.78 is 0. The van der Waals surface area contributed by atoms with Gasteiger partial charge in [-0.2, -0.15) is 0 Å². The summed E-state index contributed by atoms with van der Waals surface area (Å²) in [5, 5.41) is 3.57. The van der Waals surface area contributed by atoms with E-state index in [9.17, 15) is 0 Å². The van der Waals surface area contributed by atoms with Gasteiger partial charge in [-0.05, 0) is 58.0 Å². The topological polar surface area (TPSA) is 15.3 Å². The molecule has 0 heterocycles. The van der Waals surface area contributed by atoms with Gasteiger partial charge in [0.05, 0.1) is 0 Å². The molecule has 2 heteroatoms. The monoisotopic (exact) mass is 252 g/mol. The molecule has 0 aromatic heterocycles. The molecule has 1 N–H and O–H groups in total. The summed E-state index contributed by atoms with van der Waals surface area (Å²) in [6, 6.07) is 2.29. The molecule has 0 aromatic carbocycles. The van der Waals surface area contributed by atoms with Crippen molar-refractivity contribution < 1.29 is 0 Å². The fourth-order valence-corrected chi connectivity index (χ4v) is 4.29. The molecule has 0 aromatic rings. The highest BCUT2D eigenvalue weighted by atomic mass is 15.2. The Bertz CT molecular complexity index is 253. The third kappa shape index (κ3) is 3.08. The van der Waals surface area contributed by atoms with Gasteiger partial charge >= 0.3 is 0 Å². The van der Waals surface area contributed by atoms with E-state index in [1.807, 2.05) is 0 Å². The highest BCUT2D eigenvalue weighted by Gasteiger charge is 2.35. The number of nitrogens with zero attached hydrogens (tertiary/aromatic N) is 1. The Kier molecular flexibility index (Phi) is 5.08. The van der Waals surface area contributed by atoms with Crippen LogP contribution >= 0.6 is 0 Å². The molecule has 18 heavy (non-hydrogen) atoms. The molecule has 0 aliphatic heterocycles. The number of nitrogens with one attached hydrogen (secondary N) is 1. The first kappa shape index (κ1) is 14.3. The lowest BCUT2D eigenvalue weighted by Crippen LogP contribution is -2.55. The Morgan fingerprint density at radius 2 is 1.67 bits per heavy atom. The average molecular weight is 252 g/mol. The smallest absolute Gasteiger partial charge is 0.0251 e. The Balaban J connectivity index is 2.02. The van der Waals surface area contributed by atoms with Crippen LogP contribution in [0.15, 0.2) is 0 Å². The lowest BCUT2D eigenvalue weighted by molar-refractivity contribution is 0.0485. The van der Waals surface area contributed by atoms with Gasteiger partial charge in [-0.3, -0.25) is 4.90 Å². The van der Waals surface area contributed by atoms with Gasteiger partial charge in [0, 0.05) is 18.1 Å². The lowest BCUT2D eigenvalue weighted by Gasteiger charge is -2.46. The Labute approximate surface area is 114 Å². The molecule has 2 rings (SSSR count). The van der Waals surface area contributed by atoms with Crippen molar-refractivity contribution in [2.24, 2.45) is 11.8 Å². The highest BCUT2D eigenvalue weighted by molar-refractivity contribution is 4.92. The molecule has 0 bridgehead atoms. The van der Waals surface area contributed by atoms with E-state index in [1.54, 1.807) is 0 Å². The van der Waals surface area contributed by atoms with Gasteiger partial charge in [-0.25, -0.2) is 0 Å². The standard InChI is InChI=1S/C16H32N2/c1-12-9-10-14(17-3)16(11-12)18(4)15-8-6-5-7-13(15)2/h12-17H,5-11H2,1-4H3. The predicted molar refractivity (Wildman–Crippen MR) is 78.8 cm³/mol. The zero-order chi connectivity index (χ0) is 13.1. The van der Waals surface area contributed by atoms with Crippen LogP contribution in [0.25, 0.3) is 0 Å². The third-order valence-electron chi connectivity index (χ3n) is 5.56. The lowest BCUT2D eigenvalue weighted by atomic mass is 9.79. The summed E-state index contributed by atoms with van der Waals surface area (Å²) in [5.41, 5.74) is 0. The van der Waals surface area contributed by atoms with Crippen molar-refractivity contribution in [2.45, 2.75) is 76.9 Å². The van der Waals surface area contributed by atoms with E-state index >= 15 is 0 Å². The summed E-state index contributed by atoms with van der Waals surface area (Å²) in [7, 11) is 4.53. The zero-order valence-corrected chi connectivity index (χ0v) is 12.8. The number of likely N-dealkylation sites (N-methyl/N-ethyl adjacent to an activating group) is 2. The highest BCUT2D eigenvalue weighted by Crippen LogP contribution is 2.33.